The van der Waals surface area contributed by atoms with Crippen LogP contribution in [0.25, 0.3) is 0 Å². The molecule has 2 fully saturated rings. The molecule has 1 amide bonds. The SMILES string of the molecule is O=C(N[C@H]1CCN(CCc2ccc(OC3CCNCC3)c(F)c2)C1)c1ccc(Cl)c(Cl)c1. The van der Waals surface area contributed by atoms with Crippen molar-refractivity contribution in [3.8, 4) is 5.75 Å². The number of nitrogens with one attached hydrogen (secondary N) is 2. The number of carbonyl (C=O) groups is 1. The number of amides is 1. The third-order valence-electron chi connectivity index (χ3n) is 6.08. The molecular formula is C24H28Cl2FN3O2. The summed E-state index contributed by atoms with van der Waals surface area (Å²) in [4.78, 5) is 14.8. The molecule has 5 nitrogen and oxygen atoms in total. The molecule has 0 aliphatic carbocycles. The van der Waals surface area contributed by atoms with Gasteiger partial charge in [0, 0.05) is 31.2 Å². The van der Waals surface area contributed by atoms with Crippen molar-refractivity contribution in [1.82, 2.24) is 15.5 Å². The lowest BCUT2D eigenvalue weighted by atomic mass is 10.1. The van der Waals surface area contributed by atoms with Crippen molar-refractivity contribution in [3.63, 3.8) is 0 Å². The van der Waals surface area contributed by atoms with Crippen molar-refractivity contribution in [2.75, 3.05) is 32.7 Å². The Labute approximate surface area is 198 Å². The molecule has 8 heteroatoms. The zero-order valence-electron chi connectivity index (χ0n) is 17.9. The van der Waals surface area contributed by atoms with Crippen molar-refractivity contribution in [2.45, 2.75) is 37.8 Å². The van der Waals surface area contributed by atoms with E-state index < -0.39 is 0 Å². The standard InChI is InChI=1S/C24H28Cl2FN3O2/c25-20-3-2-17(14-21(20)26)24(31)29-18-8-12-30(15-18)11-7-16-1-4-23(22(27)13-16)32-19-5-9-28-10-6-19/h1-4,13-14,18-19,28H,5-12,15H2,(H,29,31)/t18-/m0/s1. The van der Waals surface area contributed by atoms with Gasteiger partial charge in [0.25, 0.3) is 5.91 Å². The number of hydrogen-bond acceptors (Lipinski definition) is 4. The van der Waals surface area contributed by atoms with Gasteiger partial charge in [0.2, 0.25) is 0 Å². The Balaban J connectivity index is 1.23. The van der Waals surface area contributed by atoms with E-state index in [2.05, 4.69) is 15.5 Å². The largest absolute Gasteiger partial charge is 0.487 e. The number of ether oxygens (including phenoxy) is 1. The van der Waals surface area contributed by atoms with Gasteiger partial charge in [0.15, 0.2) is 11.6 Å². The summed E-state index contributed by atoms with van der Waals surface area (Å²) >= 11 is 11.9. The summed E-state index contributed by atoms with van der Waals surface area (Å²) < 4.78 is 20.3. The first kappa shape index (κ1) is 23.3. The average Bonchev–Trinajstić information content (AvgIpc) is 3.24. The molecule has 2 aromatic carbocycles. The number of hydrogen-bond donors (Lipinski definition) is 2. The molecule has 172 valence electrons. The molecule has 0 saturated carbocycles. The predicted molar refractivity (Wildman–Crippen MR) is 125 cm³/mol. The van der Waals surface area contributed by atoms with Crippen molar-refractivity contribution in [2.24, 2.45) is 0 Å². The third-order valence-corrected chi connectivity index (χ3v) is 6.82. The van der Waals surface area contributed by atoms with Crippen molar-refractivity contribution < 1.29 is 13.9 Å². The van der Waals surface area contributed by atoms with E-state index in [1.54, 1.807) is 30.3 Å². The summed E-state index contributed by atoms with van der Waals surface area (Å²) in [6, 6.07) is 10.2. The molecule has 2 N–H and O–H groups in total. The summed E-state index contributed by atoms with van der Waals surface area (Å²) in [5.74, 6) is -0.108. The van der Waals surface area contributed by atoms with Crippen LogP contribution in [0.15, 0.2) is 36.4 Å². The Morgan fingerprint density at radius 2 is 1.94 bits per heavy atom. The number of likely N-dealkylation sites (tertiary alicyclic amines) is 1. The van der Waals surface area contributed by atoms with Crippen LogP contribution in [0.5, 0.6) is 5.75 Å². The fraction of sp³-hybridized carbons (Fsp3) is 0.458. The summed E-state index contributed by atoms with van der Waals surface area (Å²) in [5, 5.41) is 7.14. The number of carbonyl (C=O) groups excluding carboxylic acids is 1. The van der Waals surface area contributed by atoms with E-state index in [0.29, 0.717) is 21.4 Å². The van der Waals surface area contributed by atoms with Gasteiger partial charge in [-0.15, -0.1) is 0 Å². The highest BCUT2D eigenvalue weighted by atomic mass is 35.5. The van der Waals surface area contributed by atoms with E-state index in [4.69, 9.17) is 27.9 Å². The van der Waals surface area contributed by atoms with E-state index in [9.17, 15) is 9.18 Å². The first-order valence-electron chi connectivity index (χ1n) is 11.1. The molecule has 2 aliphatic rings. The third kappa shape index (κ3) is 6.13. The molecule has 2 saturated heterocycles. The van der Waals surface area contributed by atoms with Crippen molar-refractivity contribution >= 4 is 29.1 Å². The molecule has 4 rings (SSSR count). The van der Waals surface area contributed by atoms with E-state index in [1.807, 2.05) is 6.07 Å². The van der Waals surface area contributed by atoms with E-state index in [0.717, 1.165) is 64.0 Å². The van der Waals surface area contributed by atoms with Crippen molar-refractivity contribution in [3.05, 3.63) is 63.4 Å². The summed E-state index contributed by atoms with van der Waals surface area (Å²) in [6.07, 6.45) is 3.51. The quantitative estimate of drug-likeness (QED) is 0.621. The zero-order valence-corrected chi connectivity index (χ0v) is 19.4. The molecule has 0 radical (unpaired) electrons. The van der Waals surface area contributed by atoms with Gasteiger partial charge in [-0.25, -0.2) is 4.39 Å². The van der Waals surface area contributed by atoms with Crippen LogP contribution in [0.1, 0.15) is 35.2 Å². The molecule has 0 aromatic heterocycles. The number of nitrogens with zero attached hydrogens (tertiary/aromatic N) is 1. The van der Waals surface area contributed by atoms with Crippen LogP contribution in [0.2, 0.25) is 10.0 Å². The second-order valence-electron chi connectivity index (χ2n) is 8.47. The molecule has 2 heterocycles. The Morgan fingerprint density at radius 1 is 1.12 bits per heavy atom. The topological polar surface area (TPSA) is 53.6 Å². The lowest BCUT2D eigenvalue weighted by Gasteiger charge is -2.24. The average molecular weight is 480 g/mol. The predicted octanol–water partition coefficient (Wildman–Crippen LogP) is 4.31. The second kappa shape index (κ2) is 10.8. The number of rotatable bonds is 7. The summed E-state index contributed by atoms with van der Waals surface area (Å²) in [5.41, 5.74) is 1.45. The summed E-state index contributed by atoms with van der Waals surface area (Å²) in [7, 11) is 0. The molecule has 32 heavy (non-hydrogen) atoms. The van der Waals surface area contributed by atoms with Gasteiger partial charge in [0.05, 0.1) is 10.0 Å². The van der Waals surface area contributed by atoms with E-state index in [-0.39, 0.29) is 23.9 Å². The van der Waals surface area contributed by atoms with Gasteiger partial charge in [-0.1, -0.05) is 29.3 Å². The highest BCUT2D eigenvalue weighted by molar-refractivity contribution is 6.42. The first-order chi connectivity index (χ1) is 15.5. The molecule has 2 aromatic rings. The first-order valence-corrected chi connectivity index (χ1v) is 11.9. The maximum Gasteiger partial charge on any atom is 0.251 e. The molecule has 0 bridgehead atoms. The molecule has 2 aliphatic heterocycles. The minimum atomic E-state index is -0.297. The maximum absolute atomic E-state index is 14.5. The van der Waals surface area contributed by atoms with Crippen LogP contribution >= 0.6 is 23.2 Å². The monoisotopic (exact) mass is 479 g/mol. The molecule has 1 atom stereocenters. The highest BCUT2D eigenvalue weighted by Gasteiger charge is 2.24. The lowest BCUT2D eigenvalue weighted by Crippen LogP contribution is -2.37. The fourth-order valence-corrected chi connectivity index (χ4v) is 4.53. The van der Waals surface area contributed by atoms with Gasteiger partial charge in [-0.3, -0.25) is 4.79 Å². The Hall–Kier alpha value is -1.86. The zero-order chi connectivity index (χ0) is 22.5. The van der Waals surface area contributed by atoms with Crippen LogP contribution < -0.4 is 15.4 Å². The van der Waals surface area contributed by atoms with Gasteiger partial charge in [-0.2, -0.15) is 0 Å². The summed E-state index contributed by atoms with van der Waals surface area (Å²) in [6.45, 7) is 4.30. The highest BCUT2D eigenvalue weighted by Crippen LogP contribution is 2.24. The van der Waals surface area contributed by atoms with Crippen molar-refractivity contribution in [1.29, 1.82) is 0 Å². The molecule has 0 spiro atoms. The van der Waals surface area contributed by atoms with Crippen LogP contribution in [0.4, 0.5) is 4.39 Å². The number of benzene rings is 2. The Bertz CT molecular complexity index is 953. The smallest absolute Gasteiger partial charge is 0.251 e. The van der Waals surface area contributed by atoms with Crippen LogP contribution in [-0.2, 0) is 6.42 Å². The molecule has 0 unspecified atom stereocenters. The Morgan fingerprint density at radius 3 is 2.69 bits per heavy atom. The lowest BCUT2D eigenvalue weighted by molar-refractivity contribution is 0.0938. The number of halogens is 3. The number of piperidine rings is 1. The maximum atomic E-state index is 14.5. The minimum Gasteiger partial charge on any atom is -0.487 e. The fourth-order valence-electron chi connectivity index (χ4n) is 4.24. The van der Waals surface area contributed by atoms with Gasteiger partial charge >= 0.3 is 0 Å². The van der Waals surface area contributed by atoms with Gasteiger partial charge < -0.3 is 20.3 Å². The van der Waals surface area contributed by atoms with E-state index >= 15 is 0 Å². The van der Waals surface area contributed by atoms with Gasteiger partial charge in [0.1, 0.15) is 6.10 Å². The van der Waals surface area contributed by atoms with Gasteiger partial charge in [-0.05, 0) is 74.7 Å². The minimum absolute atomic E-state index is 0.0782. The van der Waals surface area contributed by atoms with E-state index in [1.165, 1.54) is 0 Å². The van der Waals surface area contributed by atoms with Crippen LogP contribution in [-0.4, -0.2) is 55.7 Å². The Kier molecular flexibility index (Phi) is 7.89. The second-order valence-corrected chi connectivity index (χ2v) is 9.28. The van der Waals surface area contributed by atoms with Crippen LogP contribution in [0.3, 0.4) is 0 Å². The normalized spacial score (nSPS) is 19.8. The molecular weight excluding hydrogens is 452 g/mol. The van der Waals surface area contributed by atoms with Crippen LogP contribution in [0, 0.1) is 5.82 Å².